The van der Waals surface area contributed by atoms with E-state index in [1.54, 1.807) is 6.20 Å². The van der Waals surface area contributed by atoms with Crippen molar-refractivity contribution in [2.45, 2.75) is 31.7 Å². The van der Waals surface area contributed by atoms with Gasteiger partial charge in [0.2, 0.25) is 0 Å². The van der Waals surface area contributed by atoms with Crippen molar-refractivity contribution in [2.75, 3.05) is 20.2 Å². The molecule has 0 aliphatic carbocycles. The third-order valence-electron chi connectivity index (χ3n) is 3.50. The van der Waals surface area contributed by atoms with E-state index in [4.69, 9.17) is 4.74 Å². The molecule has 0 aromatic carbocycles. The quantitative estimate of drug-likeness (QED) is 0.760. The van der Waals surface area contributed by atoms with Crippen LogP contribution in [0.1, 0.15) is 24.8 Å². The summed E-state index contributed by atoms with van der Waals surface area (Å²) in [6.45, 7) is 1.88. The number of hydrogen-bond acceptors (Lipinski definition) is 4. The highest BCUT2D eigenvalue weighted by molar-refractivity contribution is 5.75. The van der Waals surface area contributed by atoms with Crippen LogP contribution in [0.3, 0.4) is 0 Å². The van der Waals surface area contributed by atoms with E-state index in [9.17, 15) is 4.79 Å². The molecule has 1 fully saturated rings. The predicted molar refractivity (Wildman–Crippen MR) is 69.2 cm³/mol. The lowest BCUT2D eigenvalue weighted by molar-refractivity contribution is -0.148. The highest BCUT2D eigenvalue weighted by Crippen LogP contribution is 2.18. The van der Waals surface area contributed by atoms with Gasteiger partial charge in [-0.15, -0.1) is 0 Å². The second kappa shape index (κ2) is 6.50. The van der Waals surface area contributed by atoms with E-state index in [0.717, 1.165) is 32.4 Å². The number of carbonyl (C=O) groups is 1. The Hall–Kier alpha value is -1.42. The Kier molecular flexibility index (Phi) is 4.70. The molecule has 0 radical (unpaired) electrons. The highest BCUT2D eigenvalue weighted by atomic mass is 16.5. The van der Waals surface area contributed by atoms with E-state index < -0.39 is 0 Å². The molecule has 1 aromatic rings. The Bertz CT molecular complexity index is 381. The van der Waals surface area contributed by atoms with Gasteiger partial charge in [0.25, 0.3) is 0 Å². The number of likely N-dealkylation sites (tertiary alicyclic amines) is 1. The molecule has 2 rings (SSSR count). The Labute approximate surface area is 108 Å². The fraction of sp³-hybridized carbons (Fsp3) is 0.571. The van der Waals surface area contributed by atoms with Crippen LogP contribution in [-0.4, -0.2) is 42.1 Å². The summed E-state index contributed by atoms with van der Waals surface area (Å²) in [5.74, 6) is -0.0964. The lowest BCUT2D eigenvalue weighted by Crippen LogP contribution is -2.46. The highest BCUT2D eigenvalue weighted by Gasteiger charge is 2.28. The van der Waals surface area contributed by atoms with Gasteiger partial charge in [-0.2, -0.15) is 0 Å². The van der Waals surface area contributed by atoms with Gasteiger partial charge in [0, 0.05) is 18.9 Å². The van der Waals surface area contributed by atoms with Crippen LogP contribution in [0.15, 0.2) is 24.5 Å². The number of rotatable bonds is 4. The van der Waals surface area contributed by atoms with Crippen molar-refractivity contribution in [3.63, 3.8) is 0 Å². The number of piperidine rings is 1. The number of esters is 1. The Morgan fingerprint density at radius 2 is 2.44 bits per heavy atom. The molecule has 0 saturated carbocycles. The number of ether oxygens (including phenoxy) is 1. The van der Waals surface area contributed by atoms with E-state index in [1.807, 2.05) is 12.3 Å². The zero-order valence-corrected chi connectivity index (χ0v) is 10.8. The van der Waals surface area contributed by atoms with Gasteiger partial charge in [-0.05, 0) is 37.4 Å². The molecule has 4 nitrogen and oxygen atoms in total. The molecular weight excluding hydrogens is 228 g/mol. The second-order valence-electron chi connectivity index (χ2n) is 4.68. The molecule has 1 aliphatic rings. The van der Waals surface area contributed by atoms with E-state index in [1.165, 1.54) is 19.1 Å². The molecule has 1 saturated heterocycles. The number of carbonyl (C=O) groups excluding carboxylic acids is 1. The first-order valence-electron chi connectivity index (χ1n) is 6.52. The van der Waals surface area contributed by atoms with Crippen LogP contribution < -0.4 is 0 Å². The number of methoxy groups -OCH3 is 1. The van der Waals surface area contributed by atoms with Crippen LogP contribution in [0.25, 0.3) is 0 Å². The molecule has 4 heteroatoms. The van der Waals surface area contributed by atoms with Gasteiger partial charge in [-0.25, -0.2) is 0 Å². The van der Waals surface area contributed by atoms with Gasteiger partial charge in [0.05, 0.1) is 7.11 Å². The molecule has 0 bridgehead atoms. The van der Waals surface area contributed by atoms with Crippen LogP contribution >= 0.6 is 0 Å². The number of pyridine rings is 1. The van der Waals surface area contributed by atoms with Gasteiger partial charge < -0.3 is 4.74 Å². The van der Waals surface area contributed by atoms with Gasteiger partial charge in [0.1, 0.15) is 6.04 Å². The summed E-state index contributed by atoms with van der Waals surface area (Å²) >= 11 is 0. The lowest BCUT2D eigenvalue weighted by Gasteiger charge is -2.33. The third kappa shape index (κ3) is 3.29. The summed E-state index contributed by atoms with van der Waals surface area (Å²) in [4.78, 5) is 18.1. The second-order valence-corrected chi connectivity index (χ2v) is 4.68. The van der Waals surface area contributed by atoms with Crippen molar-refractivity contribution in [1.29, 1.82) is 0 Å². The van der Waals surface area contributed by atoms with Crippen molar-refractivity contribution in [2.24, 2.45) is 0 Å². The summed E-state index contributed by atoms with van der Waals surface area (Å²) < 4.78 is 4.88. The number of aromatic nitrogens is 1. The first-order valence-corrected chi connectivity index (χ1v) is 6.52. The summed E-state index contributed by atoms with van der Waals surface area (Å²) in [6, 6.07) is 3.97. The van der Waals surface area contributed by atoms with E-state index in [2.05, 4.69) is 16.0 Å². The smallest absolute Gasteiger partial charge is 0.323 e. The molecule has 0 unspecified atom stereocenters. The molecule has 0 amide bonds. The summed E-state index contributed by atoms with van der Waals surface area (Å²) in [6.07, 6.45) is 7.80. The predicted octanol–water partition coefficient (Wildman–Crippen LogP) is 1.65. The molecule has 0 spiro atoms. The van der Waals surface area contributed by atoms with Crippen LogP contribution in [0.2, 0.25) is 0 Å². The lowest BCUT2D eigenvalue weighted by atomic mass is 10.0. The van der Waals surface area contributed by atoms with Gasteiger partial charge in [-0.1, -0.05) is 12.5 Å². The van der Waals surface area contributed by atoms with Crippen LogP contribution in [0.5, 0.6) is 0 Å². The van der Waals surface area contributed by atoms with Crippen LogP contribution in [0, 0.1) is 0 Å². The zero-order valence-electron chi connectivity index (χ0n) is 10.8. The van der Waals surface area contributed by atoms with E-state index in [0.29, 0.717) is 0 Å². The Balaban J connectivity index is 1.91. The van der Waals surface area contributed by atoms with Crippen molar-refractivity contribution in [3.05, 3.63) is 30.1 Å². The van der Waals surface area contributed by atoms with Crippen molar-refractivity contribution < 1.29 is 9.53 Å². The molecule has 2 heterocycles. The first-order chi connectivity index (χ1) is 8.81. The Morgan fingerprint density at radius 1 is 1.56 bits per heavy atom. The minimum absolute atomic E-state index is 0.0552. The topological polar surface area (TPSA) is 42.4 Å². The number of nitrogens with zero attached hydrogens (tertiary/aromatic N) is 2. The van der Waals surface area contributed by atoms with Crippen LogP contribution in [0.4, 0.5) is 0 Å². The Morgan fingerprint density at radius 3 is 3.17 bits per heavy atom. The molecule has 18 heavy (non-hydrogen) atoms. The summed E-state index contributed by atoms with van der Waals surface area (Å²) in [5, 5.41) is 0. The van der Waals surface area contributed by atoms with Crippen molar-refractivity contribution in [1.82, 2.24) is 9.88 Å². The minimum atomic E-state index is -0.0964. The summed E-state index contributed by atoms with van der Waals surface area (Å²) in [5.41, 5.74) is 1.21. The average Bonchev–Trinajstić information content (AvgIpc) is 2.45. The average molecular weight is 248 g/mol. The molecule has 98 valence electrons. The van der Waals surface area contributed by atoms with Crippen molar-refractivity contribution in [3.8, 4) is 0 Å². The van der Waals surface area contributed by atoms with Crippen molar-refractivity contribution >= 4 is 5.97 Å². The van der Waals surface area contributed by atoms with E-state index in [-0.39, 0.29) is 12.0 Å². The van der Waals surface area contributed by atoms with Gasteiger partial charge in [0.15, 0.2) is 0 Å². The monoisotopic (exact) mass is 248 g/mol. The summed E-state index contributed by atoms with van der Waals surface area (Å²) in [7, 11) is 1.47. The minimum Gasteiger partial charge on any atom is -0.468 e. The molecule has 1 aromatic heterocycles. The van der Waals surface area contributed by atoms with Gasteiger partial charge in [-0.3, -0.25) is 14.7 Å². The zero-order chi connectivity index (χ0) is 12.8. The van der Waals surface area contributed by atoms with Crippen LogP contribution in [-0.2, 0) is 16.0 Å². The fourth-order valence-corrected chi connectivity index (χ4v) is 2.48. The fourth-order valence-electron chi connectivity index (χ4n) is 2.48. The number of hydrogen-bond donors (Lipinski definition) is 0. The van der Waals surface area contributed by atoms with Gasteiger partial charge >= 0.3 is 5.97 Å². The largest absolute Gasteiger partial charge is 0.468 e. The maximum Gasteiger partial charge on any atom is 0.323 e. The standard InChI is InChI=1S/C14H20N2O2/c1-18-14(17)13-6-2-3-9-16(13)10-7-12-5-4-8-15-11-12/h4-5,8,11,13H,2-3,6-7,9-10H2,1H3/t13-/m1/s1. The molecule has 0 N–H and O–H groups in total. The maximum absolute atomic E-state index is 11.7. The molecule has 1 aliphatic heterocycles. The molecule has 1 atom stereocenters. The molecular formula is C14H20N2O2. The maximum atomic E-state index is 11.7. The SMILES string of the molecule is COC(=O)[C@H]1CCCCN1CCc1cccnc1. The first kappa shape index (κ1) is 13.0. The normalized spacial score (nSPS) is 20.6. The third-order valence-corrected chi connectivity index (χ3v) is 3.50. The van der Waals surface area contributed by atoms with E-state index >= 15 is 0 Å².